The first-order valence-corrected chi connectivity index (χ1v) is 5.08. The molecule has 0 radical (unpaired) electrons. The molecule has 6 heteroatoms. The van der Waals surface area contributed by atoms with Crippen LogP contribution >= 0.6 is 11.6 Å². The molecular weight excluding hydrogens is 245 g/mol. The van der Waals surface area contributed by atoms with Crippen LogP contribution in [-0.2, 0) is 0 Å². The molecule has 0 aliphatic carbocycles. The highest BCUT2D eigenvalue weighted by molar-refractivity contribution is 6.29. The Hall–Kier alpha value is -1.72. The highest BCUT2D eigenvalue weighted by atomic mass is 35.5. The van der Waals surface area contributed by atoms with E-state index in [1.54, 1.807) is 18.2 Å². The largest absolute Gasteiger partial charge is 0.400 e. The van der Waals surface area contributed by atoms with Crippen molar-refractivity contribution in [3.05, 3.63) is 47.5 Å². The first kappa shape index (κ1) is 13.3. The zero-order valence-corrected chi connectivity index (χ0v) is 9.82. The molecule has 90 valence electrons. The second-order valence-electron chi connectivity index (χ2n) is 2.84. The van der Waals surface area contributed by atoms with Gasteiger partial charge in [0, 0.05) is 19.0 Å². The summed E-state index contributed by atoms with van der Waals surface area (Å²) >= 11 is 5.68. The van der Waals surface area contributed by atoms with Crippen LogP contribution in [0.5, 0.6) is 0 Å². The fraction of sp³-hybridized carbons (Fsp3) is 0.0909. The number of anilines is 2. The monoisotopic (exact) mass is 255 g/mol. The highest BCUT2D eigenvalue weighted by Gasteiger charge is 1.99. The third kappa shape index (κ3) is 4.34. The van der Waals surface area contributed by atoms with Gasteiger partial charge in [-0.2, -0.15) is 0 Å². The highest BCUT2D eigenvalue weighted by Crippen LogP contribution is 2.14. The van der Waals surface area contributed by atoms with Gasteiger partial charge in [0.2, 0.25) is 5.95 Å². The van der Waals surface area contributed by atoms with Crippen molar-refractivity contribution in [3.63, 3.8) is 0 Å². The lowest BCUT2D eigenvalue weighted by Gasteiger charge is -2.03. The topological polar surface area (TPSA) is 58.0 Å². The maximum Gasteiger partial charge on any atom is 0.228 e. The van der Waals surface area contributed by atoms with E-state index in [2.05, 4.69) is 15.3 Å². The van der Waals surface area contributed by atoms with Crippen LogP contribution in [0.1, 0.15) is 0 Å². The summed E-state index contributed by atoms with van der Waals surface area (Å²) in [6.45, 7) is 0. The number of benzene rings is 1. The van der Waals surface area contributed by atoms with Gasteiger partial charge in [-0.05, 0) is 24.3 Å². The molecule has 4 nitrogen and oxygen atoms in total. The lowest BCUT2D eigenvalue weighted by atomic mass is 10.3. The minimum Gasteiger partial charge on any atom is -0.400 e. The van der Waals surface area contributed by atoms with E-state index < -0.39 is 0 Å². The molecule has 0 aliphatic heterocycles. The molecule has 0 unspecified atom stereocenters. The number of aromatic nitrogens is 2. The van der Waals surface area contributed by atoms with Gasteiger partial charge in [0.05, 0.1) is 0 Å². The van der Waals surface area contributed by atoms with Crippen molar-refractivity contribution in [3.8, 4) is 0 Å². The van der Waals surface area contributed by atoms with Crippen LogP contribution in [0.25, 0.3) is 0 Å². The van der Waals surface area contributed by atoms with Crippen LogP contribution < -0.4 is 5.32 Å². The fourth-order valence-electron chi connectivity index (χ4n) is 1.09. The molecular formula is C11H11ClFN3O. The Balaban J connectivity index is 0.000000686. The van der Waals surface area contributed by atoms with Crippen molar-refractivity contribution in [1.82, 2.24) is 9.97 Å². The average Bonchev–Trinajstić information content (AvgIpc) is 2.31. The second-order valence-corrected chi connectivity index (χ2v) is 3.23. The van der Waals surface area contributed by atoms with E-state index in [1.807, 2.05) is 0 Å². The SMILES string of the molecule is CO.Fc1cccc(Nc2nccc(Cl)n2)c1. The van der Waals surface area contributed by atoms with Crippen LogP contribution in [-0.4, -0.2) is 22.2 Å². The first-order valence-electron chi connectivity index (χ1n) is 4.70. The van der Waals surface area contributed by atoms with E-state index in [9.17, 15) is 4.39 Å². The number of aliphatic hydroxyl groups is 1. The molecule has 2 N–H and O–H groups in total. The van der Waals surface area contributed by atoms with Crippen LogP contribution in [0.2, 0.25) is 5.15 Å². The number of nitrogens with zero attached hydrogens (tertiary/aromatic N) is 2. The van der Waals surface area contributed by atoms with Gasteiger partial charge in [-0.3, -0.25) is 0 Å². The predicted octanol–water partition coefficient (Wildman–Crippen LogP) is 2.62. The van der Waals surface area contributed by atoms with Crippen LogP contribution in [0.3, 0.4) is 0 Å². The van der Waals surface area contributed by atoms with Gasteiger partial charge in [0.15, 0.2) is 0 Å². The molecule has 17 heavy (non-hydrogen) atoms. The summed E-state index contributed by atoms with van der Waals surface area (Å²) in [6.07, 6.45) is 1.52. The Bertz CT molecular complexity index is 438. The molecule has 1 heterocycles. The summed E-state index contributed by atoms with van der Waals surface area (Å²) in [5.41, 5.74) is 0.581. The Morgan fingerprint density at radius 2 is 2.06 bits per heavy atom. The van der Waals surface area contributed by atoms with E-state index in [0.29, 0.717) is 16.8 Å². The van der Waals surface area contributed by atoms with E-state index in [-0.39, 0.29) is 5.82 Å². The molecule has 2 aromatic rings. The Morgan fingerprint density at radius 3 is 2.71 bits per heavy atom. The minimum atomic E-state index is -0.318. The quantitative estimate of drug-likeness (QED) is 0.810. The number of halogens is 2. The normalized spacial score (nSPS) is 9.18. The zero-order valence-electron chi connectivity index (χ0n) is 9.06. The van der Waals surface area contributed by atoms with Gasteiger partial charge in [-0.1, -0.05) is 17.7 Å². The third-order valence-electron chi connectivity index (χ3n) is 1.70. The molecule has 0 fully saturated rings. The molecule has 0 spiro atoms. The molecule has 0 saturated heterocycles. The number of hydrogen-bond acceptors (Lipinski definition) is 4. The van der Waals surface area contributed by atoms with Crippen LogP contribution in [0, 0.1) is 5.82 Å². The van der Waals surface area contributed by atoms with Gasteiger partial charge in [-0.15, -0.1) is 0 Å². The Kier molecular flexibility index (Phi) is 5.32. The van der Waals surface area contributed by atoms with Crippen molar-refractivity contribution in [2.24, 2.45) is 0 Å². The summed E-state index contributed by atoms with van der Waals surface area (Å²) in [5.74, 6) is 0.0233. The molecule has 0 amide bonds. The summed E-state index contributed by atoms with van der Waals surface area (Å²) in [4.78, 5) is 7.85. The van der Waals surface area contributed by atoms with Gasteiger partial charge in [0.1, 0.15) is 11.0 Å². The Morgan fingerprint density at radius 1 is 1.29 bits per heavy atom. The molecule has 0 bridgehead atoms. The standard InChI is InChI=1S/C10H7ClFN3.CH4O/c11-9-4-5-13-10(15-9)14-8-3-1-2-7(12)6-8;1-2/h1-6H,(H,13,14,15);2H,1H3. The molecule has 0 saturated carbocycles. The zero-order chi connectivity index (χ0) is 12.7. The van der Waals surface area contributed by atoms with Crippen molar-refractivity contribution in [2.45, 2.75) is 0 Å². The lowest BCUT2D eigenvalue weighted by molar-refractivity contribution is 0.399. The minimum absolute atomic E-state index is 0.318. The van der Waals surface area contributed by atoms with Crippen molar-refractivity contribution < 1.29 is 9.50 Å². The molecule has 1 aromatic heterocycles. The Labute approximate surface area is 103 Å². The summed E-state index contributed by atoms with van der Waals surface area (Å²) in [7, 11) is 1.00. The number of nitrogens with one attached hydrogen (secondary N) is 1. The fourth-order valence-corrected chi connectivity index (χ4v) is 1.23. The molecule has 0 aliphatic rings. The van der Waals surface area contributed by atoms with Gasteiger partial charge >= 0.3 is 0 Å². The molecule has 1 aromatic carbocycles. The van der Waals surface area contributed by atoms with E-state index >= 15 is 0 Å². The van der Waals surface area contributed by atoms with Gasteiger partial charge in [0.25, 0.3) is 0 Å². The van der Waals surface area contributed by atoms with E-state index in [1.165, 1.54) is 18.3 Å². The van der Waals surface area contributed by atoms with Crippen LogP contribution in [0.4, 0.5) is 16.0 Å². The smallest absolute Gasteiger partial charge is 0.228 e. The van der Waals surface area contributed by atoms with Crippen molar-refractivity contribution in [1.29, 1.82) is 0 Å². The molecule has 2 rings (SSSR count). The van der Waals surface area contributed by atoms with E-state index in [0.717, 1.165) is 7.11 Å². The maximum absolute atomic E-state index is 12.8. The van der Waals surface area contributed by atoms with E-state index in [4.69, 9.17) is 16.7 Å². The molecule has 0 atom stereocenters. The second kappa shape index (κ2) is 6.78. The summed E-state index contributed by atoms with van der Waals surface area (Å²) in [5, 5.41) is 10.2. The van der Waals surface area contributed by atoms with Crippen LogP contribution in [0.15, 0.2) is 36.5 Å². The van der Waals surface area contributed by atoms with Gasteiger partial charge < -0.3 is 10.4 Å². The summed E-state index contributed by atoms with van der Waals surface area (Å²) in [6, 6.07) is 7.60. The number of aliphatic hydroxyl groups excluding tert-OH is 1. The lowest BCUT2D eigenvalue weighted by Crippen LogP contribution is -1.96. The van der Waals surface area contributed by atoms with Crippen molar-refractivity contribution in [2.75, 3.05) is 12.4 Å². The first-order chi connectivity index (χ1) is 8.24. The predicted molar refractivity (Wildman–Crippen MR) is 64.9 cm³/mol. The third-order valence-corrected chi connectivity index (χ3v) is 1.91. The number of hydrogen-bond donors (Lipinski definition) is 2. The maximum atomic E-state index is 12.8. The van der Waals surface area contributed by atoms with Gasteiger partial charge in [-0.25, -0.2) is 14.4 Å². The summed E-state index contributed by atoms with van der Waals surface area (Å²) < 4.78 is 12.8. The average molecular weight is 256 g/mol. The number of rotatable bonds is 2. The van der Waals surface area contributed by atoms with Crippen molar-refractivity contribution >= 4 is 23.2 Å².